The number of hydrogen-bond donors (Lipinski definition) is 0. The number of hydrogen-bond acceptors (Lipinski definition) is 7. The largest absolute Gasteiger partial charge is 0.349 e. The molecule has 9 nitrogen and oxygen atoms in total. The predicted molar refractivity (Wildman–Crippen MR) is 104 cm³/mol. The smallest absolute Gasteiger partial charge is 0.214 e. The van der Waals surface area contributed by atoms with Crippen molar-refractivity contribution >= 4 is 15.8 Å². The van der Waals surface area contributed by atoms with E-state index >= 15 is 0 Å². The zero-order valence-electron chi connectivity index (χ0n) is 16.0. The first-order valence-corrected chi connectivity index (χ1v) is 11.1. The molecule has 0 aromatic carbocycles. The molecule has 3 saturated heterocycles. The number of anilines is 1. The van der Waals surface area contributed by atoms with E-state index in [0.29, 0.717) is 36.7 Å². The summed E-state index contributed by atoms with van der Waals surface area (Å²) in [5, 5.41) is 13.7. The van der Waals surface area contributed by atoms with E-state index < -0.39 is 10.0 Å². The third-order valence-electron chi connectivity index (χ3n) is 5.42. The third kappa shape index (κ3) is 3.25. The van der Waals surface area contributed by atoms with Crippen LogP contribution in [-0.2, 0) is 17.1 Å². The van der Waals surface area contributed by atoms with Crippen LogP contribution in [0.1, 0.15) is 31.7 Å². The number of nitrogens with zero attached hydrogens (tertiary/aromatic N) is 7. The lowest BCUT2D eigenvalue weighted by Gasteiger charge is -2.51. The number of sulfonamides is 1. The molecule has 0 N–H and O–H groups in total. The summed E-state index contributed by atoms with van der Waals surface area (Å²) in [4.78, 5) is 11.1. The summed E-state index contributed by atoms with van der Waals surface area (Å²) in [5.41, 5.74) is 1.19. The van der Waals surface area contributed by atoms with Crippen molar-refractivity contribution in [1.82, 2.24) is 24.1 Å². The second-order valence-corrected chi connectivity index (χ2v) is 9.41. The van der Waals surface area contributed by atoms with Crippen LogP contribution in [0.25, 0.3) is 11.4 Å². The zero-order chi connectivity index (χ0) is 19.9. The Labute approximate surface area is 164 Å². The standard InChI is InChI=1S/C18H23N7O2S/c1-3-6-28(26,27)25-12-15-4-5-16(25)11-24(15)18-13(7-19)8-20-17(22-18)14-9-21-23(2)10-14/h8-10,15-16H,3-6,11-12H2,1-2H3/t15-,16-/m0/s1. The molecule has 5 heterocycles. The molecular weight excluding hydrogens is 378 g/mol. The van der Waals surface area contributed by atoms with Crippen molar-refractivity contribution in [3.63, 3.8) is 0 Å². The maximum atomic E-state index is 12.6. The quantitative estimate of drug-likeness (QED) is 0.739. The first-order chi connectivity index (χ1) is 13.4. The first-order valence-electron chi connectivity index (χ1n) is 9.45. The van der Waals surface area contributed by atoms with E-state index in [-0.39, 0.29) is 17.8 Å². The Morgan fingerprint density at radius 1 is 1.25 bits per heavy atom. The summed E-state index contributed by atoms with van der Waals surface area (Å²) in [6.45, 7) is 2.88. The topological polar surface area (TPSA) is 108 Å². The molecule has 28 heavy (non-hydrogen) atoms. The second kappa shape index (κ2) is 7.14. The number of fused-ring (bicyclic) bond motifs is 3. The van der Waals surface area contributed by atoms with E-state index in [4.69, 9.17) is 0 Å². The summed E-state index contributed by atoms with van der Waals surface area (Å²) in [6.07, 6.45) is 7.39. The Balaban J connectivity index is 1.66. The normalized spacial score (nSPS) is 22.4. The lowest BCUT2D eigenvalue weighted by Crippen LogP contribution is -2.64. The van der Waals surface area contributed by atoms with E-state index in [1.165, 1.54) is 0 Å². The van der Waals surface area contributed by atoms with Gasteiger partial charge in [-0.15, -0.1) is 0 Å². The molecule has 2 atom stereocenters. The van der Waals surface area contributed by atoms with Crippen LogP contribution in [0.5, 0.6) is 0 Å². The molecule has 0 unspecified atom stereocenters. The van der Waals surface area contributed by atoms with Crippen LogP contribution in [0.2, 0.25) is 0 Å². The summed E-state index contributed by atoms with van der Waals surface area (Å²) in [6, 6.07) is 2.11. The van der Waals surface area contributed by atoms with Crippen LogP contribution < -0.4 is 4.90 Å². The highest BCUT2D eigenvalue weighted by Crippen LogP contribution is 2.35. The molecule has 2 aromatic heterocycles. The average molecular weight is 401 g/mol. The molecule has 5 rings (SSSR count). The number of aryl methyl sites for hydroxylation is 1. The first kappa shape index (κ1) is 18.8. The van der Waals surface area contributed by atoms with E-state index in [0.717, 1.165) is 18.4 Å². The van der Waals surface area contributed by atoms with E-state index in [1.807, 2.05) is 20.2 Å². The molecule has 2 bridgehead atoms. The average Bonchev–Trinajstić information content (AvgIpc) is 3.14. The fourth-order valence-electron chi connectivity index (χ4n) is 4.11. The van der Waals surface area contributed by atoms with Gasteiger partial charge in [-0.1, -0.05) is 6.92 Å². The summed E-state index contributed by atoms with van der Waals surface area (Å²) < 4.78 is 28.5. The van der Waals surface area contributed by atoms with Crippen LogP contribution in [0.4, 0.5) is 5.82 Å². The van der Waals surface area contributed by atoms with Crippen LogP contribution in [0.3, 0.4) is 0 Å². The summed E-state index contributed by atoms with van der Waals surface area (Å²) >= 11 is 0. The van der Waals surface area contributed by atoms with Gasteiger partial charge in [-0.05, 0) is 19.3 Å². The van der Waals surface area contributed by atoms with Crippen LogP contribution >= 0.6 is 0 Å². The third-order valence-corrected chi connectivity index (χ3v) is 7.51. The van der Waals surface area contributed by atoms with Gasteiger partial charge in [0.2, 0.25) is 10.0 Å². The van der Waals surface area contributed by atoms with Gasteiger partial charge in [0.1, 0.15) is 11.6 Å². The number of rotatable bonds is 5. The van der Waals surface area contributed by atoms with Gasteiger partial charge in [0.15, 0.2) is 11.6 Å². The van der Waals surface area contributed by atoms with E-state index in [1.54, 1.807) is 21.4 Å². The second-order valence-electron chi connectivity index (χ2n) is 7.37. The number of aromatic nitrogens is 4. The van der Waals surface area contributed by atoms with Gasteiger partial charge in [0.25, 0.3) is 0 Å². The van der Waals surface area contributed by atoms with Crippen molar-refractivity contribution in [1.29, 1.82) is 5.26 Å². The number of piperidine rings is 2. The maximum absolute atomic E-state index is 12.6. The minimum absolute atomic E-state index is 0.0142. The molecule has 3 fully saturated rings. The monoisotopic (exact) mass is 401 g/mol. The number of nitriles is 1. The van der Waals surface area contributed by atoms with E-state index in [9.17, 15) is 13.7 Å². The Bertz CT molecular complexity index is 1030. The predicted octanol–water partition coefficient (Wildman–Crippen LogP) is 1.14. The molecule has 0 aliphatic carbocycles. The molecule has 148 valence electrons. The van der Waals surface area contributed by atoms with Crippen molar-refractivity contribution in [2.24, 2.45) is 7.05 Å². The molecule has 0 amide bonds. The minimum atomic E-state index is -3.24. The van der Waals surface area contributed by atoms with Gasteiger partial charge in [0.05, 0.1) is 23.7 Å². The SMILES string of the molecule is CCCS(=O)(=O)N1C[C@@H]2CC[C@H]1CN2c1nc(-c2cnn(C)c2)ncc1C#N. The van der Waals surface area contributed by atoms with Crippen molar-refractivity contribution in [2.45, 2.75) is 38.3 Å². The highest BCUT2D eigenvalue weighted by Gasteiger charge is 2.44. The maximum Gasteiger partial charge on any atom is 0.214 e. The van der Waals surface area contributed by atoms with Gasteiger partial charge >= 0.3 is 0 Å². The minimum Gasteiger partial charge on any atom is -0.349 e. The van der Waals surface area contributed by atoms with Gasteiger partial charge < -0.3 is 4.90 Å². The van der Waals surface area contributed by atoms with Crippen molar-refractivity contribution in [2.75, 3.05) is 23.7 Å². The Hall–Kier alpha value is -2.51. The zero-order valence-corrected chi connectivity index (χ0v) is 16.8. The lowest BCUT2D eigenvalue weighted by atomic mass is 9.92. The summed E-state index contributed by atoms with van der Waals surface area (Å²) in [5.74, 6) is 1.27. The highest BCUT2D eigenvalue weighted by molar-refractivity contribution is 7.89. The Morgan fingerprint density at radius 2 is 2.04 bits per heavy atom. The molecule has 3 aliphatic rings. The fraction of sp³-hybridized carbons (Fsp3) is 0.556. The van der Waals surface area contributed by atoms with Crippen molar-refractivity contribution < 1.29 is 8.42 Å². The van der Waals surface area contributed by atoms with Gasteiger partial charge in [0, 0.05) is 38.4 Å². The van der Waals surface area contributed by atoms with E-state index in [2.05, 4.69) is 26.0 Å². The lowest BCUT2D eigenvalue weighted by molar-refractivity contribution is 0.179. The van der Waals surface area contributed by atoms with Crippen LogP contribution in [0.15, 0.2) is 18.6 Å². The Morgan fingerprint density at radius 3 is 2.64 bits per heavy atom. The number of piperazine rings is 1. The van der Waals surface area contributed by atoms with Gasteiger partial charge in [-0.3, -0.25) is 4.68 Å². The van der Waals surface area contributed by atoms with Crippen LogP contribution in [0, 0.1) is 11.3 Å². The molecule has 10 heteroatoms. The van der Waals surface area contributed by atoms with Crippen molar-refractivity contribution in [3.05, 3.63) is 24.2 Å². The molecule has 2 aromatic rings. The molecule has 0 spiro atoms. The molecule has 0 saturated carbocycles. The molecule has 0 radical (unpaired) electrons. The van der Waals surface area contributed by atoms with Crippen molar-refractivity contribution in [3.8, 4) is 17.5 Å². The molecular formula is C18H23N7O2S. The highest BCUT2D eigenvalue weighted by atomic mass is 32.2. The van der Waals surface area contributed by atoms with Gasteiger partial charge in [-0.25, -0.2) is 18.4 Å². The summed E-state index contributed by atoms with van der Waals surface area (Å²) in [7, 11) is -1.41. The van der Waals surface area contributed by atoms with Gasteiger partial charge in [-0.2, -0.15) is 14.7 Å². The fourth-order valence-corrected chi connectivity index (χ4v) is 5.89. The molecule has 3 aliphatic heterocycles. The van der Waals surface area contributed by atoms with Crippen LogP contribution in [-0.4, -0.2) is 63.4 Å². The Kier molecular flexibility index (Phi) is 4.81.